The predicted molar refractivity (Wildman–Crippen MR) is 86.3 cm³/mol. The van der Waals surface area contributed by atoms with Crippen LogP contribution in [0.2, 0.25) is 5.02 Å². The number of halogens is 1. The van der Waals surface area contributed by atoms with Crippen LogP contribution in [0.4, 0.5) is 5.69 Å². The van der Waals surface area contributed by atoms with Crippen molar-refractivity contribution < 1.29 is 9.53 Å². The summed E-state index contributed by atoms with van der Waals surface area (Å²) in [5, 5.41) is 3.41. The van der Waals surface area contributed by atoms with Crippen LogP contribution in [0.15, 0.2) is 48.8 Å². The molecule has 0 aliphatic rings. The van der Waals surface area contributed by atoms with Crippen LogP contribution >= 0.6 is 11.6 Å². The maximum atomic E-state index is 11.9. The number of carbonyl (C=O) groups is 1. The normalized spacial score (nSPS) is 10.6. The monoisotopic (exact) mass is 315 g/mol. The number of carbonyl (C=O) groups excluding carboxylic acids is 1. The van der Waals surface area contributed by atoms with Crippen LogP contribution in [-0.4, -0.2) is 22.1 Å². The second kappa shape index (κ2) is 6.07. The topological polar surface area (TPSA) is 56.2 Å². The van der Waals surface area contributed by atoms with Crippen molar-refractivity contribution in [3.63, 3.8) is 0 Å². The van der Waals surface area contributed by atoms with E-state index in [0.717, 1.165) is 11.0 Å². The molecule has 0 aliphatic heterocycles. The highest BCUT2D eigenvalue weighted by Gasteiger charge is 2.06. The second-order valence-electron chi connectivity index (χ2n) is 4.85. The largest absolute Gasteiger partial charge is 0.484 e. The molecule has 6 heteroatoms. The van der Waals surface area contributed by atoms with Gasteiger partial charge in [0, 0.05) is 17.8 Å². The number of ether oxygens (including phenoxy) is 1. The van der Waals surface area contributed by atoms with Gasteiger partial charge >= 0.3 is 0 Å². The summed E-state index contributed by atoms with van der Waals surface area (Å²) in [4.78, 5) is 16.2. The summed E-state index contributed by atoms with van der Waals surface area (Å²) < 4.78 is 7.32. The van der Waals surface area contributed by atoms with Gasteiger partial charge in [-0.1, -0.05) is 11.6 Å². The van der Waals surface area contributed by atoms with Crippen LogP contribution in [0.3, 0.4) is 0 Å². The molecule has 0 radical (unpaired) electrons. The highest BCUT2D eigenvalue weighted by Crippen LogP contribution is 2.18. The average molecular weight is 316 g/mol. The van der Waals surface area contributed by atoms with Crippen molar-refractivity contribution in [1.29, 1.82) is 0 Å². The lowest BCUT2D eigenvalue weighted by atomic mass is 10.2. The van der Waals surface area contributed by atoms with Gasteiger partial charge in [-0.05, 0) is 42.5 Å². The van der Waals surface area contributed by atoms with Crippen molar-refractivity contribution in [1.82, 2.24) is 9.55 Å². The lowest BCUT2D eigenvalue weighted by Gasteiger charge is -2.07. The maximum absolute atomic E-state index is 11.9. The fraction of sp³-hybridized carbons (Fsp3) is 0.125. The van der Waals surface area contributed by atoms with E-state index in [1.807, 2.05) is 29.8 Å². The number of hydrogen-bond acceptors (Lipinski definition) is 3. The summed E-state index contributed by atoms with van der Waals surface area (Å²) in [6.45, 7) is -0.0676. The van der Waals surface area contributed by atoms with Crippen molar-refractivity contribution in [3.05, 3.63) is 53.8 Å². The minimum atomic E-state index is -0.231. The number of nitrogens with zero attached hydrogens (tertiary/aromatic N) is 2. The number of rotatable bonds is 4. The average Bonchev–Trinajstić information content (AvgIpc) is 2.88. The molecule has 1 amide bonds. The van der Waals surface area contributed by atoms with E-state index in [9.17, 15) is 4.79 Å². The van der Waals surface area contributed by atoms with Crippen LogP contribution in [0, 0.1) is 0 Å². The Morgan fingerprint density at radius 2 is 2.05 bits per heavy atom. The number of amides is 1. The Kier molecular flexibility index (Phi) is 3.98. The van der Waals surface area contributed by atoms with E-state index in [0.29, 0.717) is 16.5 Å². The minimum Gasteiger partial charge on any atom is -0.484 e. The second-order valence-corrected chi connectivity index (χ2v) is 5.29. The standard InChI is InChI=1S/C16H14ClN3O2/c1-20-10-18-14-8-12(4-7-15(14)20)19-16(21)9-22-13-5-2-11(17)3-6-13/h2-8,10H,9H2,1H3,(H,19,21). The van der Waals surface area contributed by atoms with E-state index >= 15 is 0 Å². The molecule has 3 rings (SSSR count). The predicted octanol–water partition coefficient (Wildman–Crippen LogP) is 3.24. The molecule has 3 aromatic rings. The third-order valence-electron chi connectivity index (χ3n) is 3.19. The third-order valence-corrected chi connectivity index (χ3v) is 3.44. The van der Waals surface area contributed by atoms with E-state index in [1.165, 1.54) is 0 Å². The fourth-order valence-electron chi connectivity index (χ4n) is 2.09. The van der Waals surface area contributed by atoms with Crippen LogP contribution in [-0.2, 0) is 11.8 Å². The van der Waals surface area contributed by atoms with Crippen molar-refractivity contribution >= 4 is 34.2 Å². The number of nitrogens with one attached hydrogen (secondary N) is 1. The van der Waals surface area contributed by atoms with Gasteiger partial charge < -0.3 is 14.6 Å². The Hall–Kier alpha value is -2.53. The quantitative estimate of drug-likeness (QED) is 0.804. The van der Waals surface area contributed by atoms with Gasteiger partial charge in [0.05, 0.1) is 17.4 Å². The number of fused-ring (bicyclic) bond motifs is 1. The van der Waals surface area contributed by atoms with Crippen LogP contribution in [0.5, 0.6) is 5.75 Å². The lowest BCUT2D eigenvalue weighted by Crippen LogP contribution is -2.20. The number of aryl methyl sites for hydroxylation is 1. The van der Waals surface area contributed by atoms with Gasteiger partial charge in [0.15, 0.2) is 6.61 Å². The molecule has 0 bridgehead atoms. The van der Waals surface area contributed by atoms with Crippen molar-refractivity contribution in [2.24, 2.45) is 7.05 Å². The minimum absolute atomic E-state index is 0.0676. The van der Waals surface area contributed by atoms with Gasteiger partial charge in [0.1, 0.15) is 5.75 Å². The van der Waals surface area contributed by atoms with Gasteiger partial charge in [0.25, 0.3) is 5.91 Å². The first-order valence-electron chi connectivity index (χ1n) is 6.71. The molecular formula is C16H14ClN3O2. The van der Waals surface area contributed by atoms with Gasteiger partial charge in [-0.25, -0.2) is 4.98 Å². The Bertz CT molecular complexity index is 812. The van der Waals surface area contributed by atoms with Crippen LogP contribution in [0.25, 0.3) is 11.0 Å². The molecule has 0 fully saturated rings. The first-order valence-corrected chi connectivity index (χ1v) is 7.09. The van der Waals surface area contributed by atoms with Crippen molar-refractivity contribution in [2.45, 2.75) is 0 Å². The number of anilines is 1. The van der Waals surface area contributed by atoms with E-state index in [1.54, 1.807) is 30.6 Å². The summed E-state index contributed by atoms with van der Waals surface area (Å²) in [6.07, 6.45) is 1.74. The summed E-state index contributed by atoms with van der Waals surface area (Å²) in [7, 11) is 1.92. The number of hydrogen-bond donors (Lipinski definition) is 1. The smallest absolute Gasteiger partial charge is 0.262 e. The Labute approximate surface area is 132 Å². The highest BCUT2D eigenvalue weighted by molar-refractivity contribution is 6.30. The summed E-state index contributed by atoms with van der Waals surface area (Å²) in [5.74, 6) is 0.366. The van der Waals surface area contributed by atoms with Gasteiger partial charge in [-0.15, -0.1) is 0 Å². The van der Waals surface area contributed by atoms with Crippen molar-refractivity contribution in [2.75, 3.05) is 11.9 Å². The van der Waals surface area contributed by atoms with Crippen LogP contribution < -0.4 is 10.1 Å². The molecule has 1 heterocycles. The zero-order valence-electron chi connectivity index (χ0n) is 11.9. The van der Waals surface area contributed by atoms with Gasteiger partial charge in [-0.2, -0.15) is 0 Å². The number of benzene rings is 2. The number of imidazole rings is 1. The van der Waals surface area contributed by atoms with Crippen LogP contribution in [0.1, 0.15) is 0 Å². The van der Waals surface area contributed by atoms with Crippen molar-refractivity contribution in [3.8, 4) is 5.75 Å². The molecule has 5 nitrogen and oxygen atoms in total. The molecule has 22 heavy (non-hydrogen) atoms. The SMILES string of the molecule is Cn1cnc2cc(NC(=O)COc3ccc(Cl)cc3)ccc21. The Morgan fingerprint density at radius 1 is 1.27 bits per heavy atom. The molecule has 0 saturated heterocycles. The van der Waals surface area contributed by atoms with E-state index in [-0.39, 0.29) is 12.5 Å². The van der Waals surface area contributed by atoms with Gasteiger partial charge in [0.2, 0.25) is 0 Å². The first kappa shape index (κ1) is 14.4. The summed E-state index contributed by atoms with van der Waals surface area (Å²) in [5.41, 5.74) is 2.53. The van der Waals surface area contributed by atoms with E-state index < -0.39 is 0 Å². The summed E-state index contributed by atoms with van der Waals surface area (Å²) in [6, 6.07) is 12.4. The Morgan fingerprint density at radius 3 is 2.82 bits per heavy atom. The lowest BCUT2D eigenvalue weighted by molar-refractivity contribution is -0.118. The molecular weight excluding hydrogens is 302 g/mol. The highest BCUT2D eigenvalue weighted by atomic mass is 35.5. The molecule has 0 saturated carbocycles. The van der Waals surface area contributed by atoms with E-state index in [2.05, 4.69) is 10.3 Å². The molecule has 0 unspecified atom stereocenters. The molecule has 2 aromatic carbocycles. The zero-order valence-corrected chi connectivity index (χ0v) is 12.7. The number of aromatic nitrogens is 2. The first-order chi connectivity index (χ1) is 10.6. The summed E-state index contributed by atoms with van der Waals surface area (Å²) >= 11 is 5.79. The molecule has 0 aliphatic carbocycles. The molecule has 1 aromatic heterocycles. The molecule has 112 valence electrons. The molecule has 1 N–H and O–H groups in total. The fourth-order valence-corrected chi connectivity index (χ4v) is 2.22. The van der Waals surface area contributed by atoms with E-state index in [4.69, 9.17) is 16.3 Å². The maximum Gasteiger partial charge on any atom is 0.262 e. The van der Waals surface area contributed by atoms with Gasteiger partial charge in [-0.3, -0.25) is 4.79 Å². The third kappa shape index (κ3) is 3.20. The Balaban J connectivity index is 1.61. The zero-order chi connectivity index (χ0) is 15.5. The molecule has 0 atom stereocenters. The molecule has 0 spiro atoms.